The summed E-state index contributed by atoms with van der Waals surface area (Å²) in [6.07, 6.45) is 0. The summed E-state index contributed by atoms with van der Waals surface area (Å²) in [4.78, 5) is 16.8. The number of carbonyl (C=O) groups is 1. The molecular formula is C21H25N3O3. The lowest BCUT2D eigenvalue weighted by atomic mass is 9.95. The summed E-state index contributed by atoms with van der Waals surface area (Å²) >= 11 is 0. The van der Waals surface area contributed by atoms with Gasteiger partial charge in [0.2, 0.25) is 0 Å². The van der Waals surface area contributed by atoms with Gasteiger partial charge < -0.3 is 9.47 Å². The Morgan fingerprint density at radius 3 is 2.37 bits per heavy atom. The Morgan fingerprint density at radius 2 is 1.81 bits per heavy atom. The zero-order chi connectivity index (χ0) is 19.7. The van der Waals surface area contributed by atoms with Gasteiger partial charge in [-0.05, 0) is 42.5 Å². The molecule has 0 saturated carbocycles. The maximum absolute atomic E-state index is 12.2. The number of esters is 1. The lowest BCUT2D eigenvalue weighted by molar-refractivity contribution is 0.0594. The van der Waals surface area contributed by atoms with Crippen LogP contribution in [-0.2, 0) is 16.1 Å². The average molecular weight is 367 g/mol. The third kappa shape index (κ3) is 3.32. The van der Waals surface area contributed by atoms with E-state index in [2.05, 4.69) is 44.8 Å². The van der Waals surface area contributed by atoms with Crippen LogP contribution in [0.25, 0.3) is 16.8 Å². The summed E-state index contributed by atoms with van der Waals surface area (Å²) in [5.74, 6) is -0.304. The SMILES string of the molecule is COCc1nn2c(C(C)C)cc(C(=O)OC)nc2c1-c1c(C)cccc1C. The van der Waals surface area contributed by atoms with E-state index in [1.807, 2.05) is 10.6 Å². The first kappa shape index (κ1) is 19.0. The van der Waals surface area contributed by atoms with Crippen molar-refractivity contribution in [2.45, 2.75) is 40.2 Å². The van der Waals surface area contributed by atoms with Gasteiger partial charge >= 0.3 is 5.97 Å². The average Bonchev–Trinajstić information content (AvgIpc) is 2.98. The molecule has 2 aromatic heterocycles. The molecule has 0 atom stereocenters. The molecule has 142 valence electrons. The van der Waals surface area contributed by atoms with Crippen molar-refractivity contribution < 1.29 is 14.3 Å². The van der Waals surface area contributed by atoms with Crippen LogP contribution in [0.4, 0.5) is 0 Å². The quantitative estimate of drug-likeness (QED) is 0.636. The normalized spacial score (nSPS) is 11.4. The summed E-state index contributed by atoms with van der Waals surface area (Å²) in [6, 6.07) is 7.91. The molecule has 6 nitrogen and oxygen atoms in total. The lowest BCUT2D eigenvalue weighted by Gasteiger charge is -2.12. The maximum Gasteiger partial charge on any atom is 0.356 e. The number of hydrogen-bond donors (Lipinski definition) is 0. The van der Waals surface area contributed by atoms with Gasteiger partial charge in [-0.3, -0.25) is 0 Å². The van der Waals surface area contributed by atoms with Crippen molar-refractivity contribution in [3.05, 3.63) is 52.5 Å². The van der Waals surface area contributed by atoms with Crippen molar-refractivity contribution in [2.75, 3.05) is 14.2 Å². The van der Waals surface area contributed by atoms with Gasteiger partial charge in [0.05, 0.1) is 25.0 Å². The highest BCUT2D eigenvalue weighted by atomic mass is 16.5. The van der Waals surface area contributed by atoms with Gasteiger partial charge in [0.15, 0.2) is 11.3 Å². The van der Waals surface area contributed by atoms with Gasteiger partial charge in [0.1, 0.15) is 0 Å². The van der Waals surface area contributed by atoms with E-state index >= 15 is 0 Å². The predicted molar refractivity (Wildman–Crippen MR) is 104 cm³/mol. The molecule has 0 radical (unpaired) electrons. The molecule has 0 aliphatic heterocycles. The minimum absolute atomic E-state index is 0.153. The number of fused-ring (bicyclic) bond motifs is 1. The predicted octanol–water partition coefficient (Wildman–Crippen LogP) is 4.07. The summed E-state index contributed by atoms with van der Waals surface area (Å²) in [7, 11) is 3.01. The standard InChI is InChI=1S/C21H25N3O3/c1-12(2)17-10-15(21(25)27-6)22-20-19(16(11-26-5)23-24(17)20)18-13(3)8-7-9-14(18)4/h7-10,12H,11H2,1-6H3. The Kier molecular flexibility index (Phi) is 5.28. The number of carbonyl (C=O) groups excluding carboxylic acids is 1. The number of methoxy groups -OCH3 is 2. The maximum atomic E-state index is 12.2. The van der Waals surface area contributed by atoms with Crippen molar-refractivity contribution in [3.63, 3.8) is 0 Å². The molecule has 3 aromatic rings. The lowest BCUT2D eigenvalue weighted by Crippen LogP contribution is -2.10. The minimum Gasteiger partial charge on any atom is -0.464 e. The van der Waals surface area contributed by atoms with Crippen LogP contribution in [0.5, 0.6) is 0 Å². The van der Waals surface area contributed by atoms with Crippen molar-refractivity contribution in [1.82, 2.24) is 14.6 Å². The Balaban J connectivity index is 2.45. The molecule has 1 aromatic carbocycles. The first-order valence-corrected chi connectivity index (χ1v) is 8.95. The van der Waals surface area contributed by atoms with Crippen LogP contribution in [0, 0.1) is 13.8 Å². The van der Waals surface area contributed by atoms with Crippen LogP contribution < -0.4 is 0 Å². The van der Waals surface area contributed by atoms with E-state index in [9.17, 15) is 4.79 Å². The molecular weight excluding hydrogens is 342 g/mol. The molecule has 6 heteroatoms. The van der Waals surface area contributed by atoms with Gasteiger partial charge in [-0.25, -0.2) is 14.3 Å². The topological polar surface area (TPSA) is 65.7 Å². The number of nitrogens with zero attached hydrogens (tertiary/aromatic N) is 3. The molecule has 3 rings (SSSR count). The van der Waals surface area contributed by atoms with Crippen LogP contribution >= 0.6 is 0 Å². The number of aryl methyl sites for hydroxylation is 2. The number of ether oxygens (including phenoxy) is 2. The largest absolute Gasteiger partial charge is 0.464 e. The van der Waals surface area contributed by atoms with E-state index in [-0.39, 0.29) is 11.6 Å². The van der Waals surface area contributed by atoms with Crippen molar-refractivity contribution in [1.29, 1.82) is 0 Å². The second kappa shape index (κ2) is 7.48. The van der Waals surface area contributed by atoms with E-state index in [4.69, 9.17) is 14.6 Å². The minimum atomic E-state index is -0.457. The number of benzene rings is 1. The van der Waals surface area contributed by atoms with Crippen molar-refractivity contribution in [2.24, 2.45) is 0 Å². The summed E-state index contributed by atoms with van der Waals surface area (Å²) in [5.41, 5.74) is 6.85. The van der Waals surface area contributed by atoms with Gasteiger partial charge in [0, 0.05) is 12.8 Å². The number of hydrogen-bond acceptors (Lipinski definition) is 5. The van der Waals surface area contributed by atoms with Crippen LogP contribution in [0.15, 0.2) is 24.3 Å². The number of aromatic nitrogens is 3. The molecule has 0 amide bonds. The molecule has 0 spiro atoms. The highest BCUT2D eigenvalue weighted by molar-refractivity contribution is 5.90. The molecule has 0 fully saturated rings. The molecule has 2 heterocycles. The van der Waals surface area contributed by atoms with Gasteiger partial charge in [-0.15, -0.1) is 0 Å². The Morgan fingerprint density at radius 1 is 1.15 bits per heavy atom. The van der Waals surface area contributed by atoms with E-state index in [1.54, 1.807) is 13.2 Å². The van der Waals surface area contributed by atoms with E-state index in [0.29, 0.717) is 12.3 Å². The van der Waals surface area contributed by atoms with Crippen LogP contribution in [-0.4, -0.2) is 34.8 Å². The smallest absolute Gasteiger partial charge is 0.356 e. The molecule has 0 aliphatic rings. The highest BCUT2D eigenvalue weighted by Crippen LogP contribution is 2.34. The fourth-order valence-corrected chi connectivity index (χ4v) is 3.41. The molecule has 0 saturated heterocycles. The Bertz CT molecular complexity index is 985. The van der Waals surface area contributed by atoms with Crippen LogP contribution in [0.3, 0.4) is 0 Å². The Hall–Kier alpha value is -2.73. The second-order valence-electron chi connectivity index (χ2n) is 6.97. The zero-order valence-electron chi connectivity index (χ0n) is 16.7. The van der Waals surface area contributed by atoms with E-state index in [1.165, 1.54) is 7.11 Å². The third-order valence-electron chi connectivity index (χ3n) is 4.69. The van der Waals surface area contributed by atoms with Crippen LogP contribution in [0.2, 0.25) is 0 Å². The first-order chi connectivity index (χ1) is 12.9. The molecule has 27 heavy (non-hydrogen) atoms. The van der Waals surface area contributed by atoms with Crippen molar-refractivity contribution >= 4 is 11.6 Å². The zero-order valence-corrected chi connectivity index (χ0v) is 16.7. The Labute approximate surface area is 159 Å². The third-order valence-corrected chi connectivity index (χ3v) is 4.69. The van der Waals surface area contributed by atoms with E-state index < -0.39 is 5.97 Å². The van der Waals surface area contributed by atoms with Crippen LogP contribution in [0.1, 0.15) is 52.8 Å². The fraction of sp³-hybridized carbons (Fsp3) is 0.381. The summed E-state index contributed by atoms with van der Waals surface area (Å²) in [5, 5.41) is 4.79. The summed E-state index contributed by atoms with van der Waals surface area (Å²) in [6.45, 7) is 8.61. The molecule has 0 unspecified atom stereocenters. The molecule has 0 N–H and O–H groups in total. The summed E-state index contributed by atoms with van der Waals surface area (Å²) < 4.78 is 12.1. The van der Waals surface area contributed by atoms with Gasteiger partial charge in [0.25, 0.3) is 0 Å². The van der Waals surface area contributed by atoms with E-state index in [0.717, 1.165) is 33.6 Å². The first-order valence-electron chi connectivity index (χ1n) is 8.95. The van der Waals surface area contributed by atoms with Gasteiger partial charge in [-0.2, -0.15) is 5.10 Å². The monoisotopic (exact) mass is 367 g/mol. The van der Waals surface area contributed by atoms with Gasteiger partial charge in [-0.1, -0.05) is 32.0 Å². The molecule has 0 aliphatic carbocycles. The highest BCUT2D eigenvalue weighted by Gasteiger charge is 2.23. The molecule has 0 bridgehead atoms. The fourth-order valence-electron chi connectivity index (χ4n) is 3.41. The number of rotatable bonds is 5. The second-order valence-corrected chi connectivity index (χ2v) is 6.97. The van der Waals surface area contributed by atoms with Crippen molar-refractivity contribution in [3.8, 4) is 11.1 Å².